The lowest BCUT2D eigenvalue weighted by Gasteiger charge is -2.40. The predicted octanol–water partition coefficient (Wildman–Crippen LogP) is 2.23. The average molecular weight is 285 g/mol. The fraction of sp³-hybridized carbons (Fsp3) is 1.00. The quantitative estimate of drug-likeness (QED) is 0.865. The summed E-state index contributed by atoms with van der Waals surface area (Å²) in [6, 6.07) is 0.588. The van der Waals surface area contributed by atoms with Gasteiger partial charge in [-0.25, -0.2) is 8.42 Å². The molecule has 4 atom stereocenters. The molecule has 1 heterocycles. The van der Waals surface area contributed by atoms with Crippen LogP contribution in [0.5, 0.6) is 0 Å². The number of fused-ring (bicyclic) bond motifs is 2. The number of sulfone groups is 1. The highest BCUT2D eigenvalue weighted by Crippen LogP contribution is 2.65. The smallest absolute Gasteiger partial charge is 0.150 e. The van der Waals surface area contributed by atoms with Gasteiger partial charge in [-0.15, -0.1) is 0 Å². The van der Waals surface area contributed by atoms with E-state index < -0.39 is 9.84 Å². The number of rotatable bonds is 3. The Morgan fingerprint density at radius 2 is 1.95 bits per heavy atom. The molecule has 110 valence electrons. The van der Waals surface area contributed by atoms with Crippen molar-refractivity contribution in [2.75, 3.05) is 18.1 Å². The van der Waals surface area contributed by atoms with Crippen molar-refractivity contribution in [3.63, 3.8) is 0 Å². The van der Waals surface area contributed by atoms with Gasteiger partial charge >= 0.3 is 0 Å². The summed E-state index contributed by atoms with van der Waals surface area (Å²) in [6.07, 6.45) is 4.83. The number of hydrogen-bond donors (Lipinski definition) is 1. The fourth-order valence-corrected chi connectivity index (χ4v) is 6.72. The van der Waals surface area contributed by atoms with Crippen molar-refractivity contribution >= 4 is 9.84 Å². The normalized spacial score (nSPS) is 46.8. The minimum absolute atomic E-state index is 0.343. The van der Waals surface area contributed by atoms with Crippen LogP contribution in [0.1, 0.15) is 46.5 Å². The second kappa shape index (κ2) is 4.20. The van der Waals surface area contributed by atoms with Crippen molar-refractivity contribution in [3.8, 4) is 0 Å². The highest BCUT2D eigenvalue weighted by Gasteiger charge is 2.61. The van der Waals surface area contributed by atoms with Crippen LogP contribution < -0.4 is 5.32 Å². The fourth-order valence-electron chi connectivity index (χ4n) is 4.85. The van der Waals surface area contributed by atoms with Crippen LogP contribution in [0.15, 0.2) is 0 Å². The summed E-state index contributed by atoms with van der Waals surface area (Å²) in [6.45, 7) is 8.17. The second-order valence-corrected chi connectivity index (χ2v) is 10.1. The molecule has 0 aromatic carbocycles. The first kappa shape index (κ1) is 13.9. The molecular weight excluding hydrogens is 258 g/mol. The van der Waals surface area contributed by atoms with E-state index in [4.69, 9.17) is 0 Å². The third-order valence-corrected chi connectivity index (χ3v) is 8.61. The van der Waals surface area contributed by atoms with Crippen LogP contribution in [0.25, 0.3) is 0 Å². The summed E-state index contributed by atoms with van der Waals surface area (Å²) >= 11 is 0. The van der Waals surface area contributed by atoms with Crippen LogP contribution in [0.2, 0.25) is 0 Å². The van der Waals surface area contributed by atoms with Crippen molar-refractivity contribution in [2.45, 2.75) is 52.5 Å². The average Bonchev–Trinajstić information content (AvgIpc) is 2.83. The first-order valence-corrected chi connectivity index (χ1v) is 9.50. The van der Waals surface area contributed by atoms with Gasteiger partial charge in [0.15, 0.2) is 9.84 Å². The summed E-state index contributed by atoms with van der Waals surface area (Å²) in [4.78, 5) is 0. The van der Waals surface area contributed by atoms with Gasteiger partial charge in [0.05, 0.1) is 11.5 Å². The Balaban J connectivity index is 1.61. The third kappa shape index (κ3) is 2.06. The van der Waals surface area contributed by atoms with Crippen LogP contribution in [-0.2, 0) is 9.84 Å². The minimum atomic E-state index is -2.73. The van der Waals surface area contributed by atoms with Gasteiger partial charge in [-0.05, 0) is 54.9 Å². The largest absolute Gasteiger partial charge is 0.313 e. The molecule has 3 aliphatic rings. The molecule has 2 saturated carbocycles. The predicted molar refractivity (Wildman–Crippen MR) is 77.8 cm³/mol. The Kier molecular flexibility index (Phi) is 3.07. The van der Waals surface area contributed by atoms with Crippen molar-refractivity contribution in [1.82, 2.24) is 5.32 Å². The lowest BCUT2D eigenvalue weighted by molar-refractivity contribution is 0.119. The van der Waals surface area contributed by atoms with Crippen LogP contribution in [0.3, 0.4) is 0 Å². The maximum atomic E-state index is 11.5. The summed E-state index contributed by atoms with van der Waals surface area (Å²) < 4.78 is 23.0. The molecule has 0 aromatic rings. The summed E-state index contributed by atoms with van der Waals surface area (Å²) in [5.74, 6) is 1.99. The Morgan fingerprint density at radius 3 is 2.42 bits per heavy atom. The maximum absolute atomic E-state index is 11.5. The van der Waals surface area contributed by atoms with Crippen molar-refractivity contribution < 1.29 is 8.42 Å². The van der Waals surface area contributed by atoms with Gasteiger partial charge in [0, 0.05) is 6.04 Å². The van der Waals surface area contributed by atoms with Crippen molar-refractivity contribution in [1.29, 1.82) is 0 Å². The van der Waals surface area contributed by atoms with E-state index in [0.717, 1.165) is 18.9 Å². The Bertz CT molecular complexity index is 471. The number of hydrogen-bond acceptors (Lipinski definition) is 3. The summed E-state index contributed by atoms with van der Waals surface area (Å²) in [5.41, 5.74) is 0.835. The summed E-state index contributed by atoms with van der Waals surface area (Å²) in [7, 11) is -2.73. The SMILES string of the molecule is CC1(C)C2CCC1(C)C(NCC1CCS(=O)(=O)C1)C2. The molecule has 0 spiro atoms. The van der Waals surface area contributed by atoms with Crippen LogP contribution in [-0.4, -0.2) is 32.5 Å². The van der Waals surface area contributed by atoms with Crippen molar-refractivity contribution in [3.05, 3.63) is 0 Å². The molecule has 4 heteroatoms. The van der Waals surface area contributed by atoms with Gasteiger partial charge < -0.3 is 5.32 Å². The van der Waals surface area contributed by atoms with E-state index in [1.807, 2.05) is 0 Å². The third-order valence-electron chi connectivity index (χ3n) is 6.77. The lowest BCUT2D eigenvalue weighted by atomic mass is 9.69. The number of nitrogens with one attached hydrogen (secondary N) is 1. The van der Waals surface area contributed by atoms with E-state index in [2.05, 4.69) is 26.1 Å². The molecule has 0 radical (unpaired) electrons. The molecule has 0 aromatic heterocycles. The Hall–Kier alpha value is -0.0900. The molecule has 2 aliphatic carbocycles. The molecule has 19 heavy (non-hydrogen) atoms. The van der Waals surface area contributed by atoms with Gasteiger partial charge in [-0.2, -0.15) is 0 Å². The summed E-state index contributed by atoms with van der Waals surface area (Å²) in [5, 5.41) is 3.72. The Morgan fingerprint density at radius 1 is 1.21 bits per heavy atom. The van der Waals surface area contributed by atoms with Crippen LogP contribution >= 0.6 is 0 Å². The van der Waals surface area contributed by atoms with Gasteiger partial charge in [-0.3, -0.25) is 0 Å². The zero-order valence-corrected chi connectivity index (χ0v) is 13.2. The van der Waals surface area contributed by atoms with Gasteiger partial charge in [-0.1, -0.05) is 20.8 Å². The molecule has 1 saturated heterocycles. The minimum Gasteiger partial charge on any atom is -0.313 e. The van der Waals surface area contributed by atoms with E-state index >= 15 is 0 Å². The molecule has 3 nitrogen and oxygen atoms in total. The van der Waals surface area contributed by atoms with E-state index in [1.165, 1.54) is 19.3 Å². The van der Waals surface area contributed by atoms with Gasteiger partial charge in [0.2, 0.25) is 0 Å². The topological polar surface area (TPSA) is 46.2 Å². The molecule has 3 fully saturated rings. The monoisotopic (exact) mass is 285 g/mol. The molecule has 4 unspecified atom stereocenters. The molecular formula is C15H27NO2S. The molecule has 0 amide bonds. The molecule has 3 rings (SSSR count). The van der Waals surface area contributed by atoms with Crippen molar-refractivity contribution in [2.24, 2.45) is 22.7 Å². The van der Waals surface area contributed by atoms with E-state index in [0.29, 0.717) is 34.3 Å². The standard InChI is InChI=1S/C15H27NO2S/c1-14(2)12-4-6-15(14,3)13(8-12)16-9-11-5-7-19(17,18)10-11/h11-13,16H,4-10H2,1-3H3. The van der Waals surface area contributed by atoms with E-state index in [9.17, 15) is 8.42 Å². The highest BCUT2D eigenvalue weighted by molar-refractivity contribution is 7.91. The Labute approximate surface area is 117 Å². The lowest BCUT2D eigenvalue weighted by Crippen LogP contribution is -2.46. The van der Waals surface area contributed by atoms with E-state index in [-0.39, 0.29) is 0 Å². The van der Waals surface area contributed by atoms with Gasteiger partial charge in [0.25, 0.3) is 0 Å². The van der Waals surface area contributed by atoms with Gasteiger partial charge in [0.1, 0.15) is 0 Å². The van der Waals surface area contributed by atoms with Crippen LogP contribution in [0.4, 0.5) is 0 Å². The molecule has 1 N–H and O–H groups in total. The highest BCUT2D eigenvalue weighted by atomic mass is 32.2. The molecule has 2 bridgehead atoms. The molecule has 1 aliphatic heterocycles. The zero-order valence-electron chi connectivity index (χ0n) is 12.4. The second-order valence-electron chi connectivity index (χ2n) is 7.84. The van der Waals surface area contributed by atoms with Crippen LogP contribution in [0, 0.1) is 22.7 Å². The first-order valence-electron chi connectivity index (χ1n) is 7.68. The van der Waals surface area contributed by atoms with E-state index in [1.54, 1.807) is 0 Å². The maximum Gasteiger partial charge on any atom is 0.150 e. The zero-order chi connectivity index (χ0) is 13.9. The first-order chi connectivity index (χ1) is 8.75.